The second-order valence-corrected chi connectivity index (χ2v) is 11.2. The topological polar surface area (TPSA) is 56.4 Å². The monoisotopic (exact) mass is 488 g/mol. The van der Waals surface area contributed by atoms with Crippen LogP contribution in [-0.2, 0) is 6.54 Å². The Morgan fingerprint density at radius 2 is 1.89 bits per heavy atom. The van der Waals surface area contributed by atoms with E-state index in [2.05, 4.69) is 71.1 Å². The predicted octanol–water partition coefficient (Wildman–Crippen LogP) is 5.50. The third-order valence-electron chi connectivity index (χ3n) is 7.24. The highest BCUT2D eigenvalue weighted by Crippen LogP contribution is 2.34. The zero-order valence-corrected chi connectivity index (χ0v) is 21.8. The van der Waals surface area contributed by atoms with Crippen LogP contribution in [0.15, 0.2) is 48.5 Å². The molecular formula is C29H36N4OS. The summed E-state index contributed by atoms with van der Waals surface area (Å²) in [5.41, 5.74) is 6.44. The van der Waals surface area contributed by atoms with Gasteiger partial charge in [-0.1, -0.05) is 24.3 Å². The maximum Gasteiger partial charge on any atom is 0.252 e. The van der Waals surface area contributed by atoms with Gasteiger partial charge in [-0.2, -0.15) is 0 Å². The van der Waals surface area contributed by atoms with Crippen molar-refractivity contribution in [3.8, 4) is 10.4 Å². The van der Waals surface area contributed by atoms with Crippen LogP contribution >= 0.6 is 11.3 Å². The maximum atomic E-state index is 13.2. The van der Waals surface area contributed by atoms with E-state index in [1.54, 1.807) is 0 Å². The van der Waals surface area contributed by atoms with Crippen LogP contribution in [0.5, 0.6) is 0 Å². The van der Waals surface area contributed by atoms with Gasteiger partial charge in [0, 0.05) is 40.6 Å². The number of thiophene rings is 1. The van der Waals surface area contributed by atoms with Crippen molar-refractivity contribution in [2.75, 3.05) is 31.5 Å². The zero-order chi connectivity index (χ0) is 24.4. The van der Waals surface area contributed by atoms with Crippen molar-refractivity contribution >= 4 is 22.9 Å². The Balaban J connectivity index is 1.28. The highest BCUT2D eigenvalue weighted by molar-refractivity contribution is 7.15. The molecule has 2 aliphatic rings. The molecule has 5 rings (SSSR count). The fourth-order valence-corrected chi connectivity index (χ4v) is 6.08. The highest BCUT2D eigenvalue weighted by atomic mass is 32.1. The summed E-state index contributed by atoms with van der Waals surface area (Å²) in [4.78, 5) is 18.5. The Labute approximate surface area is 212 Å². The van der Waals surface area contributed by atoms with Gasteiger partial charge in [0.2, 0.25) is 0 Å². The van der Waals surface area contributed by atoms with Gasteiger partial charge in [-0.3, -0.25) is 9.69 Å². The maximum absolute atomic E-state index is 13.2. The quantitative estimate of drug-likeness (QED) is 0.392. The van der Waals surface area contributed by atoms with Crippen molar-refractivity contribution in [2.24, 2.45) is 0 Å². The Morgan fingerprint density at radius 3 is 2.63 bits per heavy atom. The largest absolute Gasteiger partial charge is 0.380 e. The fourth-order valence-electron chi connectivity index (χ4n) is 4.86. The van der Waals surface area contributed by atoms with E-state index in [4.69, 9.17) is 0 Å². The van der Waals surface area contributed by atoms with E-state index in [1.807, 2.05) is 30.4 Å². The number of rotatable bonds is 8. The molecule has 0 aliphatic carbocycles. The van der Waals surface area contributed by atoms with Crippen LogP contribution in [0.1, 0.15) is 57.7 Å². The van der Waals surface area contributed by atoms with E-state index in [-0.39, 0.29) is 11.9 Å². The summed E-state index contributed by atoms with van der Waals surface area (Å²) in [6, 6.07) is 17.3. The number of amides is 1. The molecule has 35 heavy (non-hydrogen) atoms. The van der Waals surface area contributed by atoms with Crippen molar-refractivity contribution < 1.29 is 4.79 Å². The third-order valence-corrected chi connectivity index (χ3v) is 8.51. The van der Waals surface area contributed by atoms with Gasteiger partial charge in [-0.25, -0.2) is 0 Å². The van der Waals surface area contributed by atoms with E-state index in [9.17, 15) is 4.79 Å². The van der Waals surface area contributed by atoms with Crippen LogP contribution in [0.25, 0.3) is 10.4 Å². The van der Waals surface area contributed by atoms with Crippen LogP contribution in [0.3, 0.4) is 0 Å². The normalized spacial score (nSPS) is 17.2. The molecule has 0 radical (unpaired) electrons. The summed E-state index contributed by atoms with van der Waals surface area (Å²) in [5.74, 6) is -0.0318. The number of likely N-dealkylation sites (tertiary alicyclic amines) is 1. The number of hydrogen-bond donors (Lipinski definition) is 3. The molecule has 184 valence electrons. The van der Waals surface area contributed by atoms with Gasteiger partial charge in [-0.15, -0.1) is 11.3 Å². The minimum atomic E-state index is -0.0839. The molecule has 5 nitrogen and oxygen atoms in total. The van der Waals surface area contributed by atoms with Crippen molar-refractivity contribution in [3.63, 3.8) is 0 Å². The molecule has 2 fully saturated rings. The Morgan fingerprint density at radius 1 is 1.09 bits per heavy atom. The van der Waals surface area contributed by atoms with Crippen molar-refractivity contribution in [1.29, 1.82) is 0 Å². The van der Waals surface area contributed by atoms with E-state index < -0.39 is 0 Å². The number of nitrogens with zero attached hydrogens (tertiary/aromatic N) is 1. The summed E-state index contributed by atoms with van der Waals surface area (Å²) in [7, 11) is 0. The van der Waals surface area contributed by atoms with Gasteiger partial charge < -0.3 is 16.0 Å². The molecule has 2 aromatic carbocycles. The Kier molecular flexibility index (Phi) is 7.23. The molecule has 6 heteroatoms. The van der Waals surface area contributed by atoms with Crippen LogP contribution in [0, 0.1) is 13.8 Å². The zero-order valence-electron chi connectivity index (χ0n) is 21.0. The molecule has 3 heterocycles. The van der Waals surface area contributed by atoms with E-state index >= 15 is 0 Å². The van der Waals surface area contributed by atoms with Gasteiger partial charge in [0.1, 0.15) is 0 Å². The van der Waals surface area contributed by atoms with Crippen LogP contribution in [-0.4, -0.2) is 43.0 Å². The van der Waals surface area contributed by atoms with E-state index in [0.29, 0.717) is 6.04 Å². The van der Waals surface area contributed by atoms with E-state index in [0.717, 1.165) is 42.0 Å². The van der Waals surface area contributed by atoms with Gasteiger partial charge in [0.15, 0.2) is 0 Å². The molecule has 1 amide bonds. The fraction of sp³-hybridized carbons (Fsp3) is 0.414. The molecule has 3 N–H and O–H groups in total. The lowest BCUT2D eigenvalue weighted by Gasteiger charge is -2.29. The second kappa shape index (κ2) is 10.5. The van der Waals surface area contributed by atoms with Crippen molar-refractivity contribution in [3.05, 3.63) is 75.7 Å². The minimum Gasteiger partial charge on any atom is -0.380 e. The summed E-state index contributed by atoms with van der Waals surface area (Å²) < 4.78 is 0. The van der Waals surface area contributed by atoms with Gasteiger partial charge >= 0.3 is 0 Å². The van der Waals surface area contributed by atoms with Crippen molar-refractivity contribution in [2.45, 2.75) is 52.2 Å². The Bertz CT molecular complexity index is 1190. The summed E-state index contributed by atoms with van der Waals surface area (Å²) in [5, 5.41) is 9.99. The SMILES string of the molecule is Cc1ccc(NC2CNC2)cc1C(=O)NC(C)c1cccc(-c2cc(C)c(CN3CCCC3)s2)c1. The second-order valence-electron chi connectivity index (χ2n) is 10.0. The number of nitrogens with one attached hydrogen (secondary N) is 3. The number of carbonyl (C=O) groups is 1. The standard InChI is InChI=1S/C29H36N4OS/c1-19-9-10-24(32-25-16-30-17-25)15-26(19)29(34)31-21(3)22-7-6-8-23(14-22)27-13-20(2)28(35-27)18-33-11-4-5-12-33/h6-10,13-15,21,25,30,32H,4-5,11-12,16-18H2,1-3H3,(H,31,34). The van der Waals surface area contributed by atoms with Crippen molar-refractivity contribution in [1.82, 2.24) is 15.5 Å². The van der Waals surface area contributed by atoms with Crippen LogP contribution in [0.2, 0.25) is 0 Å². The number of hydrogen-bond acceptors (Lipinski definition) is 5. The lowest BCUT2D eigenvalue weighted by Crippen LogP contribution is -2.51. The summed E-state index contributed by atoms with van der Waals surface area (Å²) >= 11 is 1.91. The molecule has 0 saturated carbocycles. The predicted molar refractivity (Wildman–Crippen MR) is 146 cm³/mol. The van der Waals surface area contributed by atoms with Gasteiger partial charge in [-0.05, 0) is 93.2 Å². The summed E-state index contributed by atoms with van der Waals surface area (Å²) in [6.45, 7) is 11.7. The first-order valence-electron chi connectivity index (χ1n) is 12.8. The molecule has 1 unspecified atom stereocenters. The Hall–Kier alpha value is -2.67. The number of benzene rings is 2. The average molecular weight is 489 g/mol. The minimum absolute atomic E-state index is 0.0318. The molecule has 0 bridgehead atoms. The molecule has 3 aromatic rings. The molecule has 0 spiro atoms. The van der Waals surface area contributed by atoms with Gasteiger partial charge in [0.05, 0.1) is 12.1 Å². The smallest absolute Gasteiger partial charge is 0.252 e. The number of anilines is 1. The first kappa shape index (κ1) is 24.0. The van der Waals surface area contributed by atoms with Crippen LogP contribution < -0.4 is 16.0 Å². The number of carbonyl (C=O) groups excluding carboxylic acids is 1. The first-order valence-corrected chi connectivity index (χ1v) is 13.6. The lowest BCUT2D eigenvalue weighted by molar-refractivity contribution is 0.0939. The molecule has 2 aliphatic heterocycles. The molecular weight excluding hydrogens is 452 g/mol. The highest BCUT2D eigenvalue weighted by Gasteiger charge is 2.19. The van der Waals surface area contributed by atoms with Gasteiger partial charge in [0.25, 0.3) is 5.91 Å². The third kappa shape index (κ3) is 5.61. The van der Waals surface area contributed by atoms with E-state index in [1.165, 1.54) is 46.8 Å². The average Bonchev–Trinajstić information content (AvgIpc) is 3.47. The molecule has 1 atom stereocenters. The molecule has 1 aromatic heterocycles. The lowest BCUT2D eigenvalue weighted by atomic mass is 10.0. The summed E-state index contributed by atoms with van der Waals surface area (Å²) in [6.07, 6.45) is 2.64. The first-order chi connectivity index (χ1) is 17.0. The van der Waals surface area contributed by atoms with Crippen LogP contribution in [0.4, 0.5) is 5.69 Å². The number of aryl methyl sites for hydroxylation is 2. The molecule has 2 saturated heterocycles.